The van der Waals surface area contributed by atoms with E-state index in [1.165, 1.54) is 11.1 Å². The summed E-state index contributed by atoms with van der Waals surface area (Å²) in [7, 11) is 0. The summed E-state index contributed by atoms with van der Waals surface area (Å²) in [6, 6.07) is 10.5. The molecule has 152 valence electrons. The van der Waals surface area contributed by atoms with Crippen LogP contribution in [0.1, 0.15) is 50.4 Å². The van der Waals surface area contributed by atoms with Crippen molar-refractivity contribution in [2.75, 3.05) is 33.0 Å². The molecule has 1 aliphatic heterocycles. The first kappa shape index (κ1) is 20.3. The second kappa shape index (κ2) is 9.69. The SMILES string of the molecule is CCOc1ccc(C2NCCc3cc(OCC)c(OCC)cc32)cc1OCC. The van der Waals surface area contributed by atoms with Crippen LogP contribution in [0.5, 0.6) is 23.0 Å². The van der Waals surface area contributed by atoms with Crippen LogP contribution >= 0.6 is 0 Å². The van der Waals surface area contributed by atoms with Crippen LogP contribution in [0.25, 0.3) is 0 Å². The van der Waals surface area contributed by atoms with Crippen LogP contribution in [0.4, 0.5) is 0 Å². The van der Waals surface area contributed by atoms with E-state index in [1.54, 1.807) is 0 Å². The lowest BCUT2D eigenvalue weighted by Crippen LogP contribution is -2.30. The van der Waals surface area contributed by atoms with E-state index in [2.05, 4.69) is 29.6 Å². The van der Waals surface area contributed by atoms with E-state index >= 15 is 0 Å². The van der Waals surface area contributed by atoms with E-state index in [0.29, 0.717) is 26.4 Å². The molecule has 0 radical (unpaired) electrons. The minimum Gasteiger partial charge on any atom is -0.490 e. The maximum absolute atomic E-state index is 5.86. The van der Waals surface area contributed by atoms with Gasteiger partial charge >= 0.3 is 0 Å². The lowest BCUT2D eigenvalue weighted by molar-refractivity contribution is 0.286. The Morgan fingerprint density at radius 2 is 1.32 bits per heavy atom. The lowest BCUT2D eigenvalue weighted by atomic mass is 9.89. The van der Waals surface area contributed by atoms with Crippen LogP contribution in [-0.4, -0.2) is 33.0 Å². The number of ether oxygens (including phenoxy) is 4. The molecule has 0 aliphatic carbocycles. The summed E-state index contributed by atoms with van der Waals surface area (Å²) in [5, 5.41) is 3.64. The Balaban J connectivity index is 2.01. The zero-order valence-electron chi connectivity index (χ0n) is 17.3. The van der Waals surface area contributed by atoms with Gasteiger partial charge in [-0.1, -0.05) is 6.07 Å². The van der Waals surface area contributed by atoms with Gasteiger partial charge in [0.2, 0.25) is 0 Å². The molecule has 2 aromatic rings. The van der Waals surface area contributed by atoms with Crippen LogP contribution in [0.15, 0.2) is 30.3 Å². The number of rotatable bonds is 9. The van der Waals surface area contributed by atoms with Crippen LogP contribution in [0, 0.1) is 0 Å². The fourth-order valence-corrected chi connectivity index (χ4v) is 3.65. The highest BCUT2D eigenvalue weighted by Crippen LogP contribution is 2.39. The van der Waals surface area contributed by atoms with Gasteiger partial charge in [0.25, 0.3) is 0 Å². The largest absolute Gasteiger partial charge is 0.490 e. The van der Waals surface area contributed by atoms with Crippen molar-refractivity contribution < 1.29 is 18.9 Å². The van der Waals surface area contributed by atoms with Gasteiger partial charge in [-0.15, -0.1) is 0 Å². The maximum atomic E-state index is 5.86. The van der Waals surface area contributed by atoms with Crippen molar-refractivity contribution >= 4 is 0 Å². The summed E-state index contributed by atoms with van der Waals surface area (Å²) in [4.78, 5) is 0. The Labute approximate surface area is 168 Å². The third-order valence-corrected chi connectivity index (χ3v) is 4.76. The van der Waals surface area contributed by atoms with E-state index in [9.17, 15) is 0 Å². The Morgan fingerprint density at radius 1 is 0.750 bits per heavy atom. The molecule has 0 aromatic heterocycles. The van der Waals surface area contributed by atoms with Gasteiger partial charge in [0.05, 0.1) is 32.5 Å². The van der Waals surface area contributed by atoms with Gasteiger partial charge in [0.15, 0.2) is 23.0 Å². The van der Waals surface area contributed by atoms with E-state index in [0.717, 1.165) is 41.5 Å². The fraction of sp³-hybridized carbons (Fsp3) is 0.478. The molecule has 28 heavy (non-hydrogen) atoms. The minimum atomic E-state index is 0.0773. The highest BCUT2D eigenvalue weighted by Gasteiger charge is 2.25. The third-order valence-electron chi connectivity index (χ3n) is 4.76. The highest BCUT2D eigenvalue weighted by atomic mass is 16.5. The normalized spacial score (nSPS) is 15.6. The number of benzene rings is 2. The van der Waals surface area contributed by atoms with E-state index in [-0.39, 0.29) is 6.04 Å². The Hall–Kier alpha value is -2.40. The summed E-state index contributed by atoms with van der Waals surface area (Å²) in [5.41, 5.74) is 3.67. The molecule has 3 rings (SSSR count). The molecule has 0 spiro atoms. The van der Waals surface area contributed by atoms with Crippen molar-refractivity contribution in [3.8, 4) is 23.0 Å². The van der Waals surface area contributed by atoms with Crippen LogP contribution in [0.3, 0.4) is 0 Å². The Morgan fingerprint density at radius 3 is 1.96 bits per heavy atom. The topological polar surface area (TPSA) is 49.0 Å². The van der Waals surface area contributed by atoms with Gasteiger partial charge in [0.1, 0.15) is 0 Å². The van der Waals surface area contributed by atoms with Crippen LogP contribution in [0.2, 0.25) is 0 Å². The van der Waals surface area contributed by atoms with Gasteiger partial charge in [-0.2, -0.15) is 0 Å². The molecule has 0 bridgehead atoms. The summed E-state index contributed by atoms with van der Waals surface area (Å²) in [6.07, 6.45) is 0.966. The molecule has 0 saturated heterocycles. The first-order valence-corrected chi connectivity index (χ1v) is 10.3. The molecule has 0 saturated carbocycles. The summed E-state index contributed by atoms with van der Waals surface area (Å²) in [5.74, 6) is 3.19. The van der Waals surface area contributed by atoms with Crippen molar-refractivity contribution in [2.45, 2.75) is 40.2 Å². The van der Waals surface area contributed by atoms with Crippen LogP contribution < -0.4 is 24.3 Å². The van der Waals surface area contributed by atoms with Gasteiger partial charge < -0.3 is 24.3 Å². The van der Waals surface area contributed by atoms with E-state index in [1.807, 2.05) is 33.8 Å². The van der Waals surface area contributed by atoms with Crippen molar-refractivity contribution in [1.29, 1.82) is 0 Å². The predicted molar refractivity (Wildman–Crippen MR) is 111 cm³/mol. The molecule has 1 aliphatic rings. The number of hydrogen-bond donors (Lipinski definition) is 1. The Kier molecular flexibility index (Phi) is 7.04. The lowest BCUT2D eigenvalue weighted by Gasteiger charge is -2.29. The second-order valence-corrected chi connectivity index (χ2v) is 6.57. The number of hydrogen-bond acceptors (Lipinski definition) is 5. The van der Waals surface area contributed by atoms with Crippen molar-refractivity contribution in [2.24, 2.45) is 0 Å². The molecule has 0 amide bonds. The summed E-state index contributed by atoms with van der Waals surface area (Å²) >= 11 is 0. The zero-order chi connectivity index (χ0) is 19.9. The number of fused-ring (bicyclic) bond motifs is 1. The van der Waals surface area contributed by atoms with Crippen LogP contribution in [-0.2, 0) is 6.42 Å². The molecule has 1 unspecified atom stereocenters. The molecule has 5 heteroatoms. The molecule has 0 fully saturated rings. The monoisotopic (exact) mass is 385 g/mol. The number of nitrogens with one attached hydrogen (secondary N) is 1. The third kappa shape index (κ3) is 4.36. The zero-order valence-corrected chi connectivity index (χ0v) is 17.3. The molecular weight excluding hydrogens is 354 g/mol. The van der Waals surface area contributed by atoms with Crippen molar-refractivity contribution in [3.05, 3.63) is 47.0 Å². The standard InChI is InChI=1S/C23H31NO4/c1-5-25-19-10-9-17(14-20(19)26-6-2)23-18-15-22(28-8-4)21(27-7-3)13-16(18)11-12-24-23/h9-10,13-15,23-24H,5-8,11-12H2,1-4H3. The average Bonchev–Trinajstić information content (AvgIpc) is 2.70. The smallest absolute Gasteiger partial charge is 0.161 e. The minimum absolute atomic E-state index is 0.0773. The predicted octanol–water partition coefficient (Wildman–Crippen LogP) is 4.52. The van der Waals surface area contributed by atoms with Gasteiger partial charge in [-0.25, -0.2) is 0 Å². The Bertz CT molecular complexity index is 790. The van der Waals surface area contributed by atoms with E-state index < -0.39 is 0 Å². The quantitative estimate of drug-likeness (QED) is 0.688. The van der Waals surface area contributed by atoms with Gasteiger partial charge in [-0.05, 0) is 75.1 Å². The second-order valence-electron chi connectivity index (χ2n) is 6.57. The molecule has 5 nitrogen and oxygen atoms in total. The molecule has 1 N–H and O–H groups in total. The summed E-state index contributed by atoms with van der Waals surface area (Å²) in [6.45, 7) is 11.3. The maximum Gasteiger partial charge on any atom is 0.161 e. The molecule has 1 heterocycles. The van der Waals surface area contributed by atoms with Gasteiger partial charge in [0, 0.05) is 6.54 Å². The first-order chi connectivity index (χ1) is 13.7. The highest BCUT2D eigenvalue weighted by molar-refractivity contribution is 5.53. The molecular formula is C23H31NO4. The van der Waals surface area contributed by atoms with E-state index in [4.69, 9.17) is 18.9 Å². The van der Waals surface area contributed by atoms with Crippen molar-refractivity contribution in [3.63, 3.8) is 0 Å². The van der Waals surface area contributed by atoms with Gasteiger partial charge in [-0.3, -0.25) is 0 Å². The first-order valence-electron chi connectivity index (χ1n) is 10.3. The fourth-order valence-electron chi connectivity index (χ4n) is 3.65. The average molecular weight is 386 g/mol. The summed E-state index contributed by atoms with van der Waals surface area (Å²) < 4.78 is 23.2. The molecule has 2 aromatic carbocycles. The molecule has 1 atom stereocenters. The van der Waals surface area contributed by atoms with Crippen molar-refractivity contribution in [1.82, 2.24) is 5.32 Å².